The summed E-state index contributed by atoms with van der Waals surface area (Å²) in [4.78, 5) is 29.2. The zero-order valence-electron chi connectivity index (χ0n) is 14.5. The van der Waals surface area contributed by atoms with Crippen LogP contribution in [0.5, 0.6) is 0 Å². The number of nitrogens with one attached hydrogen (secondary N) is 3. The van der Waals surface area contributed by atoms with E-state index in [-0.39, 0.29) is 0 Å². The molecule has 3 amide bonds. The number of urea groups is 1. The van der Waals surface area contributed by atoms with Crippen LogP contribution in [0.15, 0.2) is 22.7 Å². The normalized spacial score (nSPS) is 13.0. The van der Waals surface area contributed by atoms with Crippen LogP contribution in [-0.4, -0.2) is 37.9 Å². The van der Waals surface area contributed by atoms with Gasteiger partial charge in [0.1, 0.15) is 5.82 Å². The van der Waals surface area contributed by atoms with Crippen molar-refractivity contribution in [1.82, 2.24) is 25.8 Å². The van der Waals surface area contributed by atoms with E-state index < -0.39 is 22.7 Å². The third-order valence-electron chi connectivity index (χ3n) is 2.81. The molecule has 2 rings (SSSR count). The van der Waals surface area contributed by atoms with Gasteiger partial charge in [-0.15, -0.1) is 16.4 Å². The molecule has 0 aliphatic heterocycles. The van der Waals surface area contributed by atoms with E-state index in [9.17, 15) is 9.59 Å². The molecule has 25 heavy (non-hydrogen) atoms. The third kappa shape index (κ3) is 6.71. The van der Waals surface area contributed by atoms with Crippen LogP contribution in [0.25, 0.3) is 12.2 Å². The van der Waals surface area contributed by atoms with E-state index in [2.05, 4.69) is 25.8 Å². The van der Waals surface area contributed by atoms with Crippen molar-refractivity contribution >= 4 is 47.2 Å². The monoisotopic (exact) mass is 379 g/mol. The van der Waals surface area contributed by atoms with Crippen molar-refractivity contribution in [2.75, 3.05) is 0 Å². The Morgan fingerprint density at radius 1 is 1.36 bits per heavy atom. The Morgan fingerprint density at radius 2 is 2.12 bits per heavy atom. The van der Waals surface area contributed by atoms with E-state index in [4.69, 9.17) is 0 Å². The number of thiophene rings is 1. The number of amides is 3. The topological polar surface area (TPSA) is 99.8 Å². The van der Waals surface area contributed by atoms with Gasteiger partial charge in [0, 0.05) is 10.4 Å². The van der Waals surface area contributed by atoms with Gasteiger partial charge >= 0.3 is 6.03 Å². The molecule has 134 valence electrons. The third-order valence-corrected chi connectivity index (χ3v) is 4.61. The summed E-state index contributed by atoms with van der Waals surface area (Å²) in [5.74, 6) is 0.209. The van der Waals surface area contributed by atoms with Crippen LogP contribution in [-0.2, 0) is 4.79 Å². The molecule has 2 heterocycles. The first-order chi connectivity index (χ1) is 11.7. The summed E-state index contributed by atoms with van der Waals surface area (Å²) in [6.45, 7) is 7.22. The summed E-state index contributed by atoms with van der Waals surface area (Å²) in [6.07, 6.45) is 3.76. The quantitative estimate of drug-likeness (QED) is 0.693. The molecule has 0 saturated heterocycles. The molecule has 1 unspecified atom stereocenters. The number of nitrogens with zero attached hydrogens (tertiary/aromatic N) is 2. The average molecular weight is 380 g/mol. The zero-order valence-corrected chi connectivity index (χ0v) is 16.1. The van der Waals surface area contributed by atoms with Crippen LogP contribution in [0.1, 0.15) is 38.4 Å². The second-order valence-electron chi connectivity index (χ2n) is 6.31. The summed E-state index contributed by atoms with van der Waals surface area (Å²) in [5, 5.41) is 13.8. The second kappa shape index (κ2) is 8.30. The summed E-state index contributed by atoms with van der Waals surface area (Å²) >= 11 is 2.81. The highest BCUT2D eigenvalue weighted by molar-refractivity contribution is 8.00. The molecule has 0 bridgehead atoms. The number of hydrogen-bond donors (Lipinski definition) is 3. The van der Waals surface area contributed by atoms with Crippen LogP contribution < -0.4 is 10.6 Å². The highest BCUT2D eigenvalue weighted by Crippen LogP contribution is 2.20. The Bertz CT molecular complexity index is 747. The smallest absolute Gasteiger partial charge is 0.321 e. The summed E-state index contributed by atoms with van der Waals surface area (Å²) < 4.78 is 0. The molecule has 1 atom stereocenters. The molecule has 0 spiro atoms. The van der Waals surface area contributed by atoms with E-state index >= 15 is 0 Å². The summed E-state index contributed by atoms with van der Waals surface area (Å²) in [6, 6.07) is 3.46. The molecule has 0 aliphatic rings. The maximum Gasteiger partial charge on any atom is 0.321 e. The van der Waals surface area contributed by atoms with Crippen molar-refractivity contribution in [2.45, 2.75) is 43.6 Å². The fourth-order valence-corrected chi connectivity index (χ4v) is 3.08. The molecule has 2 aromatic heterocycles. The average Bonchev–Trinajstić information content (AvgIpc) is 3.14. The van der Waals surface area contributed by atoms with Crippen LogP contribution in [0.4, 0.5) is 4.79 Å². The number of hydrogen-bond acceptors (Lipinski definition) is 6. The fourth-order valence-electron chi connectivity index (χ4n) is 1.73. The minimum atomic E-state index is -0.514. The van der Waals surface area contributed by atoms with E-state index in [1.807, 2.05) is 50.4 Å². The van der Waals surface area contributed by atoms with Crippen molar-refractivity contribution in [2.24, 2.45) is 0 Å². The molecule has 0 fully saturated rings. The minimum absolute atomic E-state index is 0.396. The number of H-pyrrole nitrogens is 1. The lowest BCUT2D eigenvalue weighted by Crippen LogP contribution is -2.49. The van der Waals surface area contributed by atoms with Crippen LogP contribution in [0, 0.1) is 0 Å². The van der Waals surface area contributed by atoms with Crippen molar-refractivity contribution in [1.29, 1.82) is 0 Å². The summed E-state index contributed by atoms with van der Waals surface area (Å²) in [7, 11) is 0. The molecular weight excluding hydrogens is 358 g/mol. The van der Waals surface area contributed by atoms with Gasteiger partial charge < -0.3 is 5.32 Å². The Balaban J connectivity index is 1.87. The first-order valence-corrected chi connectivity index (χ1v) is 9.42. The maximum absolute atomic E-state index is 12.1. The molecule has 7 nitrogen and oxygen atoms in total. The van der Waals surface area contributed by atoms with Crippen LogP contribution in [0.2, 0.25) is 0 Å². The molecule has 0 saturated carbocycles. The fraction of sp³-hybridized carbons (Fsp3) is 0.375. The minimum Gasteiger partial charge on any atom is -0.333 e. The van der Waals surface area contributed by atoms with Gasteiger partial charge in [-0.25, -0.2) is 9.78 Å². The zero-order chi connectivity index (χ0) is 18.4. The maximum atomic E-state index is 12.1. The van der Waals surface area contributed by atoms with E-state index in [0.29, 0.717) is 11.0 Å². The Labute approximate surface area is 154 Å². The number of aromatic amines is 1. The molecule has 2 aromatic rings. The number of thioether (sulfide) groups is 1. The lowest BCUT2D eigenvalue weighted by Gasteiger charge is -2.20. The number of rotatable bonds is 5. The van der Waals surface area contributed by atoms with E-state index in [1.54, 1.807) is 18.3 Å². The largest absolute Gasteiger partial charge is 0.333 e. The summed E-state index contributed by atoms with van der Waals surface area (Å²) in [5.41, 5.74) is -0.408. The Hall–Kier alpha value is -2.13. The first-order valence-electron chi connectivity index (χ1n) is 7.66. The first kappa shape index (κ1) is 19.2. The molecular formula is C16H21N5O2S2. The number of imide groups is 1. The van der Waals surface area contributed by atoms with Gasteiger partial charge in [-0.05, 0) is 51.3 Å². The standard InChI is InChI=1S/C16H21N5O2S2/c1-10(13(22)18-14(23)19-16(2,3)4)25-15-17-12(20-21-15)8-7-11-6-5-9-24-11/h5-10H,1-4H3,(H,17,20,21)(H2,18,19,22,23). The Morgan fingerprint density at radius 3 is 2.76 bits per heavy atom. The van der Waals surface area contributed by atoms with E-state index in [1.165, 1.54) is 11.8 Å². The van der Waals surface area contributed by atoms with Crippen molar-refractivity contribution < 1.29 is 9.59 Å². The van der Waals surface area contributed by atoms with Crippen molar-refractivity contribution in [3.05, 3.63) is 28.2 Å². The van der Waals surface area contributed by atoms with Gasteiger partial charge in [0.25, 0.3) is 0 Å². The molecule has 0 aromatic carbocycles. The van der Waals surface area contributed by atoms with Gasteiger partial charge in [-0.3, -0.25) is 15.2 Å². The predicted molar refractivity (Wildman–Crippen MR) is 101 cm³/mol. The molecule has 9 heteroatoms. The van der Waals surface area contributed by atoms with Gasteiger partial charge in [-0.1, -0.05) is 17.8 Å². The lowest BCUT2D eigenvalue weighted by molar-refractivity contribution is -0.119. The van der Waals surface area contributed by atoms with Gasteiger partial charge in [0.05, 0.1) is 5.25 Å². The van der Waals surface area contributed by atoms with Crippen LogP contribution >= 0.6 is 23.1 Å². The highest BCUT2D eigenvalue weighted by atomic mass is 32.2. The molecule has 0 aliphatic carbocycles. The molecule has 0 radical (unpaired) electrons. The van der Waals surface area contributed by atoms with Crippen molar-refractivity contribution in [3.8, 4) is 0 Å². The Kier molecular flexibility index (Phi) is 6.38. The number of aromatic nitrogens is 3. The predicted octanol–water partition coefficient (Wildman–Crippen LogP) is 3.14. The second-order valence-corrected chi connectivity index (χ2v) is 8.59. The van der Waals surface area contributed by atoms with Gasteiger partial charge in [0.15, 0.2) is 0 Å². The van der Waals surface area contributed by atoms with Gasteiger partial charge in [-0.2, -0.15) is 0 Å². The SMILES string of the molecule is CC(Sc1n[nH]c(C=Cc2cccs2)n1)C(=O)NC(=O)NC(C)(C)C. The van der Waals surface area contributed by atoms with Gasteiger partial charge in [0.2, 0.25) is 11.1 Å². The van der Waals surface area contributed by atoms with Crippen molar-refractivity contribution in [3.63, 3.8) is 0 Å². The number of carbonyl (C=O) groups is 2. The molecule has 3 N–H and O–H groups in total. The van der Waals surface area contributed by atoms with E-state index in [0.717, 1.165) is 4.88 Å². The highest BCUT2D eigenvalue weighted by Gasteiger charge is 2.21. The van der Waals surface area contributed by atoms with Crippen LogP contribution in [0.3, 0.4) is 0 Å². The number of carbonyl (C=O) groups excluding carboxylic acids is 2. The lowest BCUT2D eigenvalue weighted by atomic mass is 10.1.